The Bertz CT molecular complexity index is 1410. The Labute approximate surface area is 210 Å². The SMILES string of the molecule is COc1cccc(F)c1-c1nccc(-c2cnn(-c3cc(C(F)(F)F)cc(N4CCN(C)CC4)n3)c2)n1. The Morgan fingerprint density at radius 3 is 2.46 bits per heavy atom. The normalized spacial score (nSPS) is 14.7. The van der Waals surface area contributed by atoms with Gasteiger partial charge in [-0.2, -0.15) is 18.3 Å². The van der Waals surface area contributed by atoms with E-state index >= 15 is 0 Å². The molecule has 4 aromatic rings. The summed E-state index contributed by atoms with van der Waals surface area (Å²) in [5.41, 5.74) is 0.210. The lowest BCUT2D eigenvalue weighted by molar-refractivity contribution is -0.137. The van der Waals surface area contributed by atoms with Gasteiger partial charge in [-0.05, 0) is 37.4 Å². The molecule has 0 N–H and O–H groups in total. The molecule has 1 fully saturated rings. The number of rotatable bonds is 5. The minimum Gasteiger partial charge on any atom is -0.496 e. The number of benzene rings is 1. The third-order valence-corrected chi connectivity index (χ3v) is 6.14. The minimum atomic E-state index is -4.55. The first-order valence-corrected chi connectivity index (χ1v) is 11.5. The number of alkyl halides is 3. The molecule has 1 aliphatic heterocycles. The number of aromatic nitrogens is 5. The molecule has 0 radical (unpaired) electrons. The topological polar surface area (TPSA) is 72.2 Å². The van der Waals surface area contributed by atoms with Gasteiger partial charge in [0.1, 0.15) is 17.4 Å². The number of nitrogens with zero attached hydrogens (tertiary/aromatic N) is 7. The Hall–Kier alpha value is -4.06. The summed E-state index contributed by atoms with van der Waals surface area (Å²) in [5, 5.41) is 4.24. The number of ether oxygens (including phenoxy) is 1. The summed E-state index contributed by atoms with van der Waals surface area (Å²) in [5.74, 6) is 0.106. The van der Waals surface area contributed by atoms with E-state index in [1.165, 1.54) is 42.5 Å². The van der Waals surface area contributed by atoms with E-state index in [1.54, 1.807) is 12.1 Å². The van der Waals surface area contributed by atoms with Gasteiger partial charge >= 0.3 is 6.18 Å². The van der Waals surface area contributed by atoms with Gasteiger partial charge in [0.2, 0.25) is 0 Å². The third kappa shape index (κ3) is 5.10. The zero-order chi connectivity index (χ0) is 26.2. The second-order valence-corrected chi connectivity index (χ2v) is 8.62. The summed E-state index contributed by atoms with van der Waals surface area (Å²) in [6, 6.07) is 8.04. The van der Waals surface area contributed by atoms with Gasteiger partial charge in [-0.1, -0.05) is 6.07 Å². The first-order valence-electron chi connectivity index (χ1n) is 11.5. The van der Waals surface area contributed by atoms with E-state index in [0.717, 1.165) is 25.2 Å². The zero-order valence-electron chi connectivity index (χ0n) is 20.1. The molecule has 0 spiro atoms. The van der Waals surface area contributed by atoms with E-state index in [0.29, 0.717) is 24.3 Å². The molecule has 0 bridgehead atoms. The molecule has 37 heavy (non-hydrogen) atoms. The molecule has 1 aliphatic rings. The molecule has 5 rings (SSSR count). The van der Waals surface area contributed by atoms with Gasteiger partial charge in [-0.25, -0.2) is 24.0 Å². The van der Waals surface area contributed by atoms with E-state index in [9.17, 15) is 17.6 Å². The van der Waals surface area contributed by atoms with E-state index in [1.807, 2.05) is 11.9 Å². The maximum absolute atomic E-state index is 14.5. The monoisotopic (exact) mass is 513 g/mol. The molecule has 0 atom stereocenters. The first-order chi connectivity index (χ1) is 17.7. The Balaban J connectivity index is 1.51. The highest BCUT2D eigenvalue weighted by molar-refractivity contribution is 5.68. The highest BCUT2D eigenvalue weighted by Crippen LogP contribution is 2.34. The van der Waals surface area contributed by atoms with Crippen LogP contribution < -0.4 is 9.64 Å². The quantitative estimate of drug-likeness (QED) is 0.369. The number of anilines is 1. The molecule has 12 heteroatoms. The van der Waals surface area contributed by atoms with Crippen molar-refractivity contribution in [2.24, 2.45) is 0 Å². The van der Waals surface area contributed by atoms with E-state index < -0.39 is 17.6 Å². The van der Waals surface area contributed by atoms with Crippen LogP contribution in [0.15, 0.2) is 55.0 Å². The zero-order valence-corrected chi connectivity index (χ0v) is 20.1. The van der Waals surface area contributed by atoms with Crippen molar-refractivity contribution < 1.29 is 22.3 Å². The van der Waals surface area contributed by atoms with Crippen LogP contribution >= 0.6 is 0 Å². The fourth-order valence-corrected chi connectivity index (χ4v) is 4.09. The summed E-state index contributed by atoms with van der Waals surface area (Å²) >= 11 is 0. The van der Waals surface area contributed by atoms with E-state index in [-0.39, 0.29) is 28.8 Å². The van der Waals surface area contributed by atoms with Crippen molar-refractivity contribution in [1.29, 1.82) is 0 Å². The number of pyridine rings is 1. The molecule has 0 unspecified atom stereocenters. The lowest BCUT2D eigenvalue weighted by Gasteiger charge is -2.33. The predicted molar refractivity (Wildman–Crippen MR) is 129 cm³/mol. The van der Waals surface area contributed by atoms with Crippen molar-refractivity contribution in [2.45, 2.75) is 6.18 Å². The smallest absolute Gasteiger partial charge is 0.416 e. The van der Waals surface area contributed by atoms with Crippen LogP contribution in [-0.4, -0.2) is 70.0 Å². The number of methoxy groups -OCH3 is 1. The molecule has 1 saturated heterocycles. The fraction of sp³-hybridized carbons (Fsp3) is 0.280. The third-order valence-electron chi connectivity index (χ3n) is 6.14. The first kappa shape index (κ1) is 24.6. The van der Waals surface area contributed by atoms with Crippen molar-refractivity contribution in [1.82, 2.24) is 29.6 Å². The van der Waals surface area contributed by atoms with Crippen molar-refractivity contribution >= 4 is 5.82 Å². The lowest BCUT2D eigenvalue weighted by atomic mass is 10.1. The summed E-state index contributed by atoms with van der Waals surface area (Å²) in [6.45, 7) is 2.58. The largest absolute Gasteiger partial charge is 0.496 e. The molecule has 1 aromatic carbocycles. The van der Waals surface area contributed by atoms with E-state index in [2.05, 4.69) is 25.0 Å². The molecule has 0 amide bonds. The van der Waals surface area contributed by atoms with Gasteiger partial charge in [0.05, 0.1) is 30.1 Å². The average Bonchev–Trinajstić information content (AvgIpc) is 3.39. The van der Waals surface area contributed by atoms with Gasteiger partial charge in [-0.15, -0.1) is 0 Å². The predicted octanol–water partition coefficient (Wildman–Crippen LogP) is 4.31. The van der Waals surface area contributed by atoms with Crippen LogP contribution in [0.3, 0.4) is 0 Å². The maximum atomic E-state index is 14.5. The molecule has 192 valence electrons. The molecule has 0 saturated carbocycles. The summed E-state index contributed by atoms with van der Waals surface area (Å²) in [7, 11) is 3.39. The Kier molecular flexibility index (Phi) is 6.50. The Morgan fingerprint density at radius 1 is 0.973 bits per heavy atom. The standard InChI is InChI=1S/C25H23F4N7O/c1-34-8-10-35(11-9-34)21-12-17(25(27,28)29)13-22(33-21)36-15-16(14-31-36)19-6-7-30-24(32-19)23-18(26)4-3-5-20(23)37-2/h3-7,12-15H,8-11H2,1-2H3. The van der Waals surface area contributed by atoms with Gasteiger partial charge in [0, 0.05) is 44.1 Å². The molecule has 4 heterocycles. The molecular formula is C25H23F4N7O. The molecule has 3 aromatic heterocycles. The van der Waals surface area contributed by atoms with Gasteiger partial charge in [0.15, 0.2) is 11.6 Å². The Morgan fingerprint density at radius 2 is 1.73 bits per heavy atom. The fourth-order valence-electron chi connectivity index (χ4n) is 4.09. The minimum absolute atomic E-state index is 0.0278. The molecule has 0 aliphatic carbocycles. The average molecular weight is 513 g/mol. The highest BCUT2D eigenvalue weighted by atomic mass is 19.4. The van der Waals surface area contributed by atoms with Crippen molar-refractivity contribution in [3.05, 3.63) is 66.4 Å². The number of hydrogen-bond donors (Lipinski definition) is 0. The lowest BCUT2D eigenvalue weighted by Crippen LogP contribution is -2.45. The van der Waals surface area contributed by atoms with Gasteiger partial charge < -0.3 is 14.5 Å². The number of likely N-dealkylation sites (N-methyl/N-ethyl adjacent to an activating group) is 1. The number of hydrogen-bond acceptors (Lipinski definition) is 7. The van der Waals surface area contributed by atoms with Crippen LogP contribution in [-0.2, 0) is 6.18 Å². The summed E-state index contributed by atoms with van der Waals surface area (Å²) in [6.07, 6.45) is -0.0899. The van der Waals surface area contributed by atoms with Crippen LogP contribution in [0.25, 0.3) is 28.5 Å². The second kappa shape index (κ2) is 9.77. The highest BCUT2D eigenvalue weighted by Gasteiger charge is 2.33. The van der Waals surface area contributed by atoms with Crippen LogP contribution in [0, 0.1) is 5.82 Å². The van der Waals surface area contributed by atoms with Gasteiger partial charge in [0.25, 0.3) is 0 Å². The number of halogens is 4. The van der Waals surface area contributed by atoms with Crippen LogP contribution in [0.5, 0.6) is 5.75 Å². The maximum Gasteiger partial charge on any atom is 0.416 e. The van der Waals surface area contributed by atoms with Crippen LogP contribution in [0.1, 0.15) is 5.56 Å². The van der Waals surface area contributed by atoms with Crippen LogP contribution in [0.2, 0.25) is 0 Å². The van der Waals surface area contributed by atoms with Crippen LogP contribution in [0.4, 0.5) is 23.4 Å². The summed E-state index contributed by atoms with van der Waals surface area (Å²) in [4.78, 5) is 17.0. The van der Waals surface area contributed by atoms with Crippen molar-refractivity contribution in [2.75, 3.05) is 45.2 Å². The number of piperazine rings is 1. The van der Waals surface area contributed by atoms with E-state index in [4.69, 9.17) is 4.74 Å². The second-order valence-electron chi connectivity index (χ2n) is 8.62. The molecule has 8 nitrogen and oxygen atoms in total. The summed E-state index contributed by atoms with van der Waals surface area (Å²) < 4.78 is 62.2. The molecular weight excluding hydrogens is 490 g/mol. The van der Waals surface area contributed by atoms with Crippen molar-refractivity contribution in [3.8, 4) is 34.2 Å². The van der Waals surface area contributed by atoms with Gasteiger partial charge in [-0.3, -0.25) is 0 Å². The van der Waals surface area contributed by atoms with Crippen molar-refractivity contribution in [3.63, 3.8) is 0 Å².